The SMILES string of the molecule is Cn1c2c(c(=O)n1-c1ccccc1)C1=CCCCCCN1C=N2. The minimum atomic E-state index is 0.00220. The van der Waals surface area contributed by atoms with E-state index in [0.29, 0.717) is 0 Å². The summed E-state index contributed by atoms with van der Waals surface area (Å²) in [6, 6.07) is 9.73. The van der Waals surface area contributed by atoms with Crippen LogP contribution >= 0.6 is 0 Å². The van der Waals surface area contributed by atoms with Crippen LogP contribution in [-0.2, 0) is 7.05 Å². The second-order valence-electron chi connectivity index (χ2n) is 6.05. The average molecular weight is 308 g/mol. The van der Waals surface area contributed by atoms with Crippen molar-refractivity contribution in [2.45, 2.75) is 25.7 Å². The van der Waals surface area contributed by atoms with Crippen LogP contribution in [0.25, 0.3) is 11.4 Å². The molecule has 2 aliphatic rings. The molecule has 0 fully saturated rings. The van der Waals surface area contributed by atoms with Crippen LogP contribution in [0, 0.1) is 0 Å². The Morgan fingerprint density at radius 2 is 1.91 bits per heavy atom. The van der Waals surface area contributed by atoms with Crippen LogP contribution in [0.5, 0.6) is 0 Å². The van der Waals surface area contributed by atoms with Crippen molar-refractivity contribution in [3.63, 3.8) is 0 Å². The summed E-state index contributed by atoms with van der Waals surface area (Å²) in [4.78, 5) is 19.8. The first-order chi connectivity index (χ1) is 11.3. The van der Waals surface area contributed by atoms with Crippen molar-refractivity contribution in [1.82, 2.24) is 14.3 Å². The van der Waals surface area contributed by atoms with Gasteiger partial charge < -0.3 is 4.90 Å². The molecule has 0 spiro atoms. The van der Waals surface area contributed by atoms with Crippen molar-refractivity contribution in [3.8, 4) is 5.69 Å². The Bertz CT molecular complexity index is 842. The van der Waals surface area contributed by atoms with Gasteiger partial charge in [0.2, 0.25) is 0 Å². The quantitative estimate of drug-likeness (QED) is 0.812. The summed E-state index contributed by atoms with van der Waals surface area (Å²) in [6.45, 7) is 0.925. The molecule has 0 aliphatic carbocycles. The Kier molecular flexibility index (Phi) is 3.41. The highest BCUT2D eigenvalue weighted by molar-refractivity contribution is 5.86. The minimum absolute atomic E-state index is 0.00220. The summed E-state index contributed by atoms with van der Waals surface area (Å²) in [5.74, 6) is 0.738. The fraction of sp³-hybridized carbons (Fsp3) is 0.333. The average Bonchev–Trinajstić information content (AvgIpc) is 2.80. The van der Waals surface area contributed by atoms with Crippen LogP contribution in [0.1, 0.15) is 31.2 Å². The van der Waals surface area contributed by atoms with Crippen molar-refractivity contribution in [1.29, 1.82) is 0 Å². The highest BCUT2D eigenvalue weighted by Gasteiger charge is 2.27. The number of rotatable bonds is 1. The third kappa shape index (κ3) is 2.23. The summed E-state index contributed by atoms with van der Waals surface area (Å²) in [5.41, 5.74) is 2.61. The first-order valence-electron chi connectivity index (χ1n) is 8.16. The molecular formula is C18H20N4O. The molecule has 5 nitrogen and oxygen atoms in total. The van der Waals surface area contributed by atoms with Crippen LogP contribution < -0.4 is 5.56 Å². The molecule has 0 N–H and O–H groups in total. The fourth-order valence-electron chi connectivity index (χ4n) is 3.40. The number of aromatic nitrogens is 2. The van der Waals surface area contributed by atoms with Gasteiger partial charge in [-0.15, -0.1) is 0 Å². The normalized spacial score (nSPS) is 17.1. The molecule has 0 amide bonds. The number of benzene rings is 1. The summed E-state index contributed by atoms with van der Waals surface area (Å²) in [5, 5.41) is 0. The van der Waals surface area contributed by atoms with Gasteiger partial charge in [-0.1, -0.05) is 30.7 Å². The summed E-state index contributed by atoms with van der Waals surface area (Å²) in [6.07, 6.45) is 8.62. The second-order valence-corrected chi connectivity index (χ2v) is 6.05. The zero-order valence-corrected chi connectivity index (χ0v) is 13.3. The van der Waals surface area contributed by atoms with Crippen molar-refractivity contribution in [2.75, 3.05) is 6.54 Å². The maximum absolute atomic E-state index is 13.1. The predicted molar refractivity (Wildman–Crippen MR) is 92.3 cm³/mol. The molecule has 1 aromatic carbocycles. The predicted octanol–water partition coefficient (Wildman–Crippen LogP) is 3.07. The van der Waals surface area contributed by atoms with E-state index in [9.17, 15) is 4.79 Å². The van der Waals surface area contributed by atoms with E-state index in [4.69, 9.17) is 0 Å². The van der Waals surface area contributed by atoms with E-state index in [0.717, 1.165) is 42.2 Å². The molecule has 23 heavy (non-hydrogen) atoms. The smallest absolute Gasteiger partial charge is 0.283 e. The van der Waals surface area contributed by atoms with E-state index >= 15 is 0 Å². The van der Waals surface area contributed by atoms with Crippen LogP contribution in [0.3, 0.4) is 0 Å². The molecule has 5 heteroatoms. The van der Waals surface area contributed by atoms with Gasteiger partial charge in [0.25, 0.3) is 5.56 Å². The van der Waals surface area contributed by atoms with Gasteiger partial charge in [-0.25, -0.2) is 9.67 Å². The van der Waals surface area contributed by atoms with Gasteiger partial charge in [-0.2, -0.15) is 0 Å². The zero-order chi connectivity index (χ0) is 15.8. The Balaban J connectivity index is 1.92. The largest absolute Gasteiger partial charge is 0.332 e. The standard InChI is InChI=1S/C18H20N4O/c1-20-17-16(18(23)22(20)14-9-5-4-6-10-14)15-11-7-2-3-8-12-21(15)13-19-17/h4-6,9-11,13H,2-3,7-8,12H2,1H3. The maximum atomic E-state index is 13.1. The van der Waals surface area contributed by atoms with Crippen molar-refractivity contribution < 1.29 is 0 Å². The highest BCUT2D eigenvalue weighted by atomic mass is 16.1. The number of allylic oxidation sites excluding steroid dienone is 1. The van der Waals surface area contributed by atoms with Gasteiger partial charge in [0, 0.05) is 13.6 Å². The molecule has 2 aromatic rings. The molecule has 0 bridgehead atoms. The molecule has 118 valence electrons. The fourth-order valence-corrected chi connectivity index (χ4v) is 3.40. The van der Waals surface area contributed by atoms with E-state index in [2.05, 4.69) is 16.0 Å². The van der Waals surface area contributed by atoms with E-state index in [-0.39, 0.29) is 5.56 Å². The van der Waals surface area contributed by atoms with Crippen LogP contribution in [-0.4, -0.2) is 27.1 Å². The first kappa shape index (κ1) is 14.1. The van der Waals surface area contributed by atoms with Gasteiger partial charge >= 0.3 is 0 Å². The Hall–Kier alpha value is -2.56. The molecule has 0 atom stereocenters. The van der Waals surface area contributed by atoms with Crippen LogP contribution in [0.4, 0.5) is 5.82 Å². The number of aliphatic imine (C=N–C) groups is 1. The lowest BCUT2D eigenvalue weighted by atomic mass is 10.1. The number of para-hydroxylation sites is 1. The summed E-state index contributed by atoms with van der Waals surface area (Å²) >= 11 is 0. The number of fused-ring (bicyclic) bond motifs is 3. The number of hydrogen-bond acceptors (Lipinski definition) is 3. The topological polar surface area (TPSA) is 42.5 Å². The molecule has 4 rings (SSSR count). The lowest BCUT2D eigenvalue weighted by Crippen LogP contribution is -2.28. The summed E-state index contributed by atoms with van der Waals surface area (Å²) in [7, 11) is 1.89. The van der Waals surface area contributed by atoms with Crippen LogP contribution in [0.15, 0.2) is 46.2 Å². The molecule has 0 radical (unpaired) electrons. The first-order valence-corrected chi connectivity index (χ1v) is 8.16. The Labute approximate surface area is 135 Å². The molecular weight excluding hydrogens is 288 g/mol. The van der Waals surface area contributed by atoms with Crippen molar-refractivity contribution >= 4 is 17.9 Å². The third-order valence-corrected chi connectivity index (χ3v) is 4.56. The molecule has 1 aromatic heterocycles. The molecule has 0 unspecified atom stereocenters. The van der Waals surface area contributed by atoms with Crippen molar-refractivity contribution in [3.05, 3.63) is 52.3 Å². The molecule has 0 saturated carbocycles. The lowest BCUT2D eigenvalue weighted by molar-refractivity contribution is 0.521. The van der Waals surface area contributed by atoms with Gasteiger partial charge in [-0.3, -0.25) is 9.48 Å². The minimum Gasteiger partial charge on any atom is -0.332 e. The maximum Gasteiger partial charge on any atom is 0.283 e. The van der Waals surface area contributed by atoms with Gasteiger partial charge in [-0.05, 0) is 31.4 Å². The third-order valence-electron chi connectivity index (χ3n) is 4.56. The van der Waals surface area contributed by atoms with Crippen molar-refractivity contribution in [2.24, 2.45) is 12.0 Å². The second kappa shape index (κ2) is 5.57. The lowest BCUT2D eigenvalue weighted by Gasteiger charge is -2.26. The van der Waals surface area contributed by atoms with E-state index in [1.54, 1.807) is 4.68 Å². The van der Waals surface area contributed by atoms with E-state index in [1.165, 1.54) is 12.8 Å². The molecule has 0 saturated heterocycles. The molecule has 2 aliphatic heterocycles. The van der Waals surface area contributed by atoms with Gasteiger partial charge in [0.15, 0.2) is 5.82 Å². The van der Waals surface area contributed by atoms with Gasteiger partial charge in [0.1, 0.15) is 5.56 Å². The number of hydrogen-bond donors (Lipinski definition) is 0. The summed E-state index contributed by atoms with van der Waals surface area (Å²) < 4.78 is 3.55. The number of nitrogens with zero attached hydrogens (tertiary/aromatic N) is 4. The Morgan fingerprint density at radius 1 is 1.09 bits per heavy atom. The van der Waals surface area contributed by atoms with Crippen LogP contribution in [0.2, 0.25) is 0 Å². The molecule has 3 heterocycles. The van der Waals surface area contributed by atoms with Gasteiger partial charge in [0.05, 0.1) is 17.7 Å². The van der Waals surface area contributed by atoms with E-state index < -0.39 is 0 Å². The highest BCUT2D eigenvalue weighted by Crippen LogP contribution is 2.32. The van der Waals surface area contributed by atoms with E-state index in [1.807, 2.05) is 48.4 Å². The Morgan fingerprint density at radius 3 is 2.74 bits per heavy atom. The monoisotopic (exact) mass is 308 g/mol. The zero-order valence-electron chi connectivity index (χ0n) is 13.3.